The zero-order valence-electron chi connectivity index (χ0n) is 22.5. The first-order chi connectivity index (χ1) is 14.7. The summed E-state index contributed by atoms with van der Waals surface area (Å²) in [5.74, 6) is 0.369. The first-order valence-corrected chi connectivity index (χ1v) is 13.0. The maximum Gasteiger partial charge on any atom is -1.00 e. The maximum absolute atomic E-state index is 3.91. The van der Waals surface area contributed by atoms with Gasteiger partial charge in [0.1, 0.15) is 0 Å². The van der Waals surface area contributed by atoms with Crippen molar-refractivity contribution >= 4 is 3.21 Å². The van der Waals surface area contributed by atoms with Crippen molar-refractivity contribution in [3.63, 3.8) is 0 Å². The van der Waals surface area contributed by atoms with Crippen LogP contribution in [0.25, 0.3) is 11.1 Å². The van der Waals surface area contributed by atoms with E-state index in [4.69, 9.17) is 0 Å². The number of fused-ring (bicyclic) bond motifs is 3. The fraction of sp³-hybridized carbons (Fsp3) is 0.452. The van der Waals surface area contributed by atoms with Crippen molar-refractivity contribution in [2.45, 2.75) is 92.4 Å². The Labute approximate surface area is 235 Å². The summed E-state index contributed by atoms with van der Waals surface area (Å²) in [6.07, 6.45) is 5.73. The van der Waals surface area contributed by atoms with E-state index in [0.717, 1.165) is 6.42 Å². The van der Waals surface area contributed by atoms with Gasteiger partial charge in [0, 0.05) is 5.92 Å². The quantitative estimate of drug-likeness (QED) is 0.393. The van der Waals surface area contributed by atoms with Crippen LogP contribution in [-0.4, -0.2) is 3.21 Å². The Morgan fingerprint density at radius 2 is 1.50 bits per heavy atom. The number of hydrogen-bond acceptors (Lipinski definition) is 0. The Morgan fingerprint density at radius 3 is 1.97 bits per heavy atom. The summed E-state index contributed by atoms with van der Waals surface area (Å²) in [4.78, 5) is 0. The van der Waals surface area contributed by atoms with Crippen LogP contribution < -0.4 is 24.8 Å². The van der Waals surface area contributed by atoms with E-state index in [-0.39, 0.29) is 35.6 Å². The number of hydrogen-bond donors (Lipinski definition) is 0. The average Bonchev–Trinajstić information content (AvgIpc) is 3.16. The molecule has 0 heterocycles. The van der Waals surface area contributed by atoms with Crippen LogP contribution >= 0.6 is 0 Å². The predicted molar refractivity (Wildman–Crippen MR) is 138 cm³/mol. The Kier molecular flexibility index (Phi) is 10.6. The van der Waals surface area contributed by atoms with Gasteiger partial charge in [0.2, 0.25) is 0 Å². The van der Waals surface area contributed by atoms with E-state index < -0.39 is 0 Å². The topological polar surface area (TPSA) is 0 Å². The van der Waals surface area contributed by atoms with Crippen molar-refractivity contribution in [3.8, 4) is 11.1 Å². The number of benzene rings is 2. The van der Waals surface area contributed by atoms with Gasteiger partial charge in [-0.15, -0.1) is 22.3 Å². The van der Waals surface area contributed by atoms with Crippen molar-refractivity contribution in [1.29, 1.82) is 0 Å². The van der Waals surface area contributed by atoms with Crippen LogP contribution in [0.1, 0.15) is 103 Å². The molecular formula is C31H39Cl2Zr-. The molecule has 0 bridgehead atoms. The van der Waals surface area contributed by atoms with E-state index in [1.54, 1.807) is 24.2 Å². The number of halogens is 2. The van der Waals surface area contributed by atoms with Gasteiger partial charge in [-0.2, -0.15) is 12.1 Å². The van der Waals surface area contributed by atoms with Gasteiger partial charge in [-0.25, -0.2) is 0 Å². The van der Waals surface area contributed by atoms with E-state index in [2.05, 4.69) is 112 Å². The van der Waals surface area contributed by atoms with Gasteiger partial charge in [0.15, 0.2) is 0 Å². The molecule has 3 heteroatoms. The van der Waals surface area contributed by atoms with Gasteiger partial charge < -0.3 is 24.8 Å². The van der Waals surface area contributed by atoms with Gasteiger partial charge in [-0.1, -0.05) is 99.6 Å². The van der Waals surface area contributed by atoms with Crippen LogP contribution in [0.3, 0.4) is 0 Å². The summed E-state index contributed by atoms with van der Waals surface area (Å²) in [6.45, 7) is 22.6. The van der Waals surface area contributed by atoms with Crippen molar-refractivity contribution < 1.29 is 49.0 Å². The third kappa shape index (κ3) is 6.93. The summed E-state index contributed by atoms with van der Waals surface area (Å²) < 4.78 is 1.51. The van der Waals surface area contributed by atoms with Crippen LogP contribution in [0.15, 0.2) is 47.6 Å². The second-order valence-electron chi connectivity index (χ2n) is 11.8. The Bertz CT molecular complexity index is 1120. The predicted octanol–water partition coefficient (Wildman–Crippen LogP) is 2.40. The van der Waals surface area contributed by atoms with Crippen molar-refractivity contribution in [2.24, 2.45) is 0 Å². The molecule has 0 nitrogen and oxygen atoms in total. The van der Waals surface area contributed by atoms with E-state index in [1.165, 1.54) is 53.3 Å². The molecule has 0 spiro atoms. The largest absolute Gasteiger partial charge is 1.00 e. The Hall–Kier alpha value is -0.747. The molecule has 2 aromatic rings. The Balaban J connectivity index is 0.000000895. The standard InChI is InChI=1S/C28H33.C3H6.2ClH.Zr/c1-17-11-18(2)22(12-17)25-14-20-13-19-9-10-21(27(3,4)5)15-23(19)24(20)16-26(25)28(6,7)8;1-3-2;;;/h9-12,15-16,22H,13H2,1-8H3;1-2H3;2*1H;/q-1;;;;+2/p-2. The molecule has 0 N–H and O–H groups in total. The molecule has 1 unspecified atom stereocenters. The molecule has 1 atom stereocenters. The summed E-state index contributed by atoms with van der Waals surface area (Å²) in [7, 11) is 0. The molecule has 0 aromatic heterocycles. The maximum atomic E-state index is 3.91. The molecule has 2 aliphatic carbocycles. The SMILES string of the molecule is CC1=CC(c2[c-]c3c(cc2C(C)(C)C)-c2cc(C(C)(C)C)ccc2C3)C(C)=C1.C[C](C)=[Zr+2].[Cl-].[Cl-]. The third-order valence-electron chi connectivity index (χ3n) is 6.32. The van der Waals surface area contributed by atoms with Crippen LogP contribution in [0.2, 0.25) is 0 Å². The normalized spacial score (nSPS) is 16.2. The average molecular weight is 574 g/mol. The van der Waals surface area contributed by atoms with Gasteiger partial charge >= 0.3 is 41.3 Å². The fourth-order valence-electron chi connectivity index (χ4n) is 4.69. The second-order valence-corrected chi connectivity index (χ2v) is 14.3. The smallest absolute Gasteiger partial charge is 1.00 e. The molecule has 0 saturated carbocycles. The summed E-state index contributed by atoms with van der Waals surface area (Å²) >= 11 is 1.55. The van der Waals surface area contributed by atoms with Crippen LogP contribution in [0, 0.1) is 6.07 Å². The molecule has 34 heavy (non-hydrogen) atoms. The molecule has 0 amide bonds. The van der Waals surface area contributed by atoms with Gasteiger partial charge in [0.05, 0.1) is 0 Å². The van der Waals surface area contributed by atoms with E-state index in [0.29, 0.717) is 5.92 Å². The third-order valence-corrected chi connectivity index (χ3v) is 6.32. The van der Waals surface area contributed by atoms with Crippen LogP contribution in [0.5, 0.6) is 0 Å². The van der Waals surface area contributed by atoms with Crippen LogP contribution in [-0.2, 0) is 41.5 Å². The summed E-state index contributed by atoms with van der Waals surface area (Å²) in [5.41, 5.74) is 12.9. The molecule has 182 valence electrons. The molecule has 0 aliphatic heterocycles. The van der Waals surface area contributed by atoms with Crippen LogP contribution in [0.4, 0.5) is 0 Å². The molecule has 4 rings (SSSR count). The molecule has 0 fully saturated rings. The molecule has 0 radical (unpaired) electrons. The first-order valence-electron chi connectivity index (χ1n) is 11.8. The minimum atomic E-state index is 0. The molecular weight excluding hydrogens is 534 g/mol. The summed E-state index contributed by atoms with van der Waals surface area (Å²) in [6, 6.07) is 13.5. The zero-order chi connectivity index (χ0) is 24.0. The minimum Gasteiger partial charge on any atom is -1.00 e. The monoisotopic (exact) mass is 571 g/mol. The minimum absolute atomic E-state index is 0. The van der Waals surface area contributed by atoms with E-state index in [9.17, 15) is 0 Å². The summed E-state index contributed by atoms with van der Waals surface area (Å²) in [5, 5.41) is 0. The van der Waals surface area contributed by atoms with E-state index in [1.807, 2.05) is 0 Å². The van der Waals surface area contributed by atoms with Crippen molar-refractivity contribution in [1.82, 2.24) is 0 Å². The first kappa shape index (κ1) is 31.3. The van der Waals surface area contributed by atoms with Crippen molar-refractivity contribution in [2.75, 3.05) is 0 Å². The Morgan fingerprint density at radius 1 is 0.912 bits per heavy atom. The van der Waals surface area contributed by atoms with Gasteiger partial charge in [-0.05, 0) is 31.2 Å². The van der Waals surface area contributed by atoms with Gasteiger partial charge in [-0.3, -0.25) is 0 Å². The second kappa shape index (κ2) is 11.5. The molecule has 0 saturated heterocycles. The zero-order valence-corrected chi connectivity index (χ0v) is 26.5. The number of rotatable bonds is 1. The van der Waals surface area contributed by atoms with E-state index >= 15 is 0 Å². The molecule has 2 aliphatic rings. The number of allylic oxidation sites excluding steroid dienone is 4. The van der Waals surface area contributed by atoms with Crippen molar-refractivity contribution in [3.05, 3.63) is 81.4 Å². The fourth-order valence-corrected chi connectivity index (χ4v) is 4.69. The van der Waals surface area contributed by atoms with Gasteiger partial charge in [0.25, 0.3) is 0 Å². The molecule has 2 aromatic carbocycles.